The first-order valence-electron chi connectivity index (χ1n) is 2.50. The molecule has 1 saturated carbocycles. The van der Waals surface area contributed by atoms with Gasteiger partial charge in [0.05, 0.1) is 0 Å². The maximum Gasteiger partial charge on any atom is 0.241 e. The van der Waals surface area contributed by atoms with E-state index in [4.69, 9.17) is 0 Å². The van der Waals surface area contributed by atoms with Crippen molar-refractivity contribution in [3.63, 3.8) is 0 Å². The van der Waals surface area contributed by atoms with E-state index in [9.17, 15) is 8.78 Å². The van der Waals surface area contributed by atoms with Crippen LogP contribution in [0.4, 0.5) is 8.78 Å². The van der Waals surface area contributed by atoms with Gasteiger partial charge < -0.3 is 0 Å². The average Bonchev–Trinajstić information content (AvgIpc) is 2.17. The second-order valence-electron chi connectivity index (χ2n) is 2.21. The summed E-state index contributed by atoms with van der Waals surface area (Å²) in [5.41, 5.74) is 0. The minimum absolute atomic E-state index is 0.264. The van der Waals surface area contributed by atoms with E-state index >= 15 is 0 Å². The summed E-state index contributed by atoms with van der Waals surface area (Å²) in [6.07, 6.45) is -1.33. The van der Waals surface area contributed by atoms with Crippen molar-refractivity contribution in [2.75, 3.05) is 0 Å². The molecule has 42 valence electrons. The Morgan fingerprint density at radius 3 is 2.00 bits per heavy atom. The van der Waals surface area contributed by atoms with E-state index in [1.165, 1.54) is 0 Å². The summed E-state index contributed by atoms with van der Waals surface area (Å²) in [5, 5.41) is 0. The van der Waals surface area contributed by atoms with Crippen molar-refractivity contribution in [3.8, 4) is 0 Å². The first-order chi connectivity index (χ1) is 3.22. The summed E-state index contributed by atoms with van der Waals surface area (Å²) < 4.78 is 22.9. The van der Waals surface area contributed by atoms with Crippen LogP contribution in [0.25, 0.3) is 0 Å². The predicted octanol–water partition coefficient (Wildman–Crippen LogP) is 1.91. The highest BCUT2D eigenvalue weighted by Crippen LogP contribution is 2.42. The van der Waals surface area contributed by atoms with Gasteiger partial charge in [-0.05, 0) is 12.3 Å². The molecule has 2 atom stereocenters. The van der Waals surface area contributed by atoms with Gasteiger partial charge in [0.1, 0.15) is 0 Å². The topological polar surface area (TPSA) is 0 Å². The van der Waals surface area contributed by atoms with E-state index in [1.807, 2.05) is 6.92 Å². The van der Waals surface area contributed by atoms with Crippen LogP contribution in [0.5, 0.6) is 0 Å². The lowest BCUT2D eigenvalue weighted by molar-refractivity contribution is 0.117. The molecule has 0 spiro atoms. The zero-order valence-electron chi connectivity index (χ0n) is 4.20. The lowest BCUT2D eigenvalue weighted by Gasteiger charge is -1.88. The zero-order chi connectivity index (χ0) is 5.44. The van der Waals surface area contributed by atoms with Gasteiger partial charge in [-0.1, -0.05) is 6.92 Å². The van der Waals surface area contributed by atoms with E-state index < -0.39 is 6.43 Å². The predicted molar refractivity (Wildman–Crippen MR) is 23.3 cm³/mol. The molecule has 1 fully saturated rings. The summed E-state index contributed by atoms with van der Waals surface area (Å²) in [7, 11) is 0. The quantitative estimate of drug-likeness (QED) is 0.479. The first-order valence-corrected chi connectivity index (χ1v) is 2.50. The van der Waals surface area contributed by atoms with Crippen LogP contribution in [0.2, 0.25) is 0 Å². The third kappa shape index (κ3) is 0.898. The molecule has 0 aromatic carbocycles. The lowest BCUT2D eigenvalue weighted by atomic mass is 10.4. The Hall–Kier alpha value is -0.140. The van der Waals surface area contributed by atoms with Crippen LogP contribution in [-0.4, -0.2) is 6.43 Å². The van der Waals surface area contributed by atoms with Crippen LogP contribution in [0.3, 0.4) is 0 Å². The molecular formula is C5H8F2. The van der Waals surface area contributed by atoms with Gasteiger partial charge in [-0.3, -0.25) is 0 Å². The molecular weight excluding hydrogens is 98.1 g/mol. The van der Waals surface area contributed by atoms with Crippen LogP contribution in [-0.2, 0) is 0 Å². The normalized spacial score (nSPS) is 39.4. The second kappa shape index (κ2) is 1.42. The molecule has 1 aliphatic carbocycles. The number of alkyl halides is 2. The van der Waals surface area contributed by atoms with Gasteiger partial charge in [-0.15, -0.1) is 0 Å². The SMILES string of the molecule is C[C@@H]1C[C@H]1C(F)F. The van der Waals surface area contributed by atoms with Crippen LogP contribution < -0.4 is 0 Å². The van der Waals surface area contributed by atoms with Crippen molar-refractivity contribution in [1.82, 2.24) is 0 Å². The molecule has 0 saturated heterocycles. The fourth-order valence-corrected chi connectivity index (χ4v) is 0.702. The Balaban J connectivity index is 2.20. The maximum absolute atomic E-state index is 11.5. The van der Waals surface area contributed by atoms with E-state index in [2.05, 4.69) is 0 Å². The molecule has 0 N–H and O–H groups in total. The highest BCUT2D eigenvalue weighted by atomic mass is 19.3. The third-order valence-corrected chi connectivity index (χ3v) is 1.50. The van der Waals surface area contributed by atoms with Gasteiger partial charge in [-0.25, -0.2) is 8.78 Å². The van der Waals surface area contributed by atoms with Crippen molar-refractivity contribution in [2.24, 2.45) is 11.8 Å². The summed E-state index contributed by atoms with van der Waals surface area (Å²) in [4.78, 5) is 0. The fourth-order valence-electron chi connectivity index (χ4n) is 0.702. The Bertz CT molecular complexity index is 70.5. The number of rotatable bonds is 1. The van der Waals surface area contributed by atoms with Gasteiger partial charge in [0, 0.05) is 5.92 Å². The van der Waals surface area contributed by atoms with Crippen molar-refractivity contribution in [3.05, 3.63) is 0 Å². The average molecular weight is 106 g/mol. The Labute approximate surface area is 41.5 Å². The largest absolute Gasteiger partial charge is 0.241 e. The van der Waals surface area contributed by atoms with Gasteiger partial charge in [0.2, 0.25) is 6.43 Å². The van der Waals surface area contributed by atoms with Crippen LogP contribution in [0.1, 0.15) is 13.3 Å². The molecule has 1 rings (SSSR count). The standard InChI is InChI=1S/C5H8F2/c1-3-2-4(3)5(6)7/h3-5H,2H2,1H3/t3-,4-/m1/s1. The number of halogens is 2. The molecule has 0 nitrogen and oxygen atoms in total. The minimum atomic E-state index is -2.06. The number of hydrogen-bond donors (Lipinski definition) is 0. The molecule has 1 aliphatic rings. The first kappa shape index (κ1) is 5.01. The molecule has 0 heterocycles. The summed E-state index contributed by atoms with van der Waals surface area (Å²) in [5.74, 6) is 0.0278. The van der Waals surface area contributed by atoms with E-state index in [-0.39, 0.29) is 5.92 Å². The molecule has 0 aromatic heterocycles. The van der Waals surface area contributed by atoms with Gasteiger partial charge >= 0.3 is 0 Å². The molecule has 0 amide bonds. The van der Waals surface area contributed by atoms with E-state index in [1.54, 1.807) is 0 Å². The molecule has 7 heavy (non-hydrogen) atoms. The molecule has 0 unspecified atom stereocenters. The summed E-state index contributed by atoms with van der Waals surface area (Å²) in [6, 6.07) is 0. The third-order valence-electron chi connectivity index (χ3n) is 1.50. The van der Waals surface area contributed by atoms with Gasteiger partial charge in [-0.2, -0.15) is 0 Å². The monoisotopic (exact) mass is 106 g/mol. The summed E-state index contributed by atoms with van der Waals surface area (Å²) in [6.45, 7) is 1.86. The Kier molecular flexibility index (Phi) is 1.02. The van der Waals surface area contributed by atoms with Crippen molar-refractivity contribution >= 4 is 0 Å². The van der Waals surface area contributed by atoms with Gasteiger partial charge in [0.25, 0.3) is 0 Å². The zero-order valence-corrected chi connectivity index (χ0v) is 4.20. The van der Waals surface area contributed by atoms with Crippen molar-refractivity contribution in [1.29, 1.82) is 0 Å². The molecule has 2 heteroatoms. The minimum Gasteiger partial charge on any atom is -0.210 e. The van der Waals surface area contributed by atoms with E-state index in [0.29, 0.717) is 5.92 Å². The molecule has 0 radical (unpaired) electrons. The lowest BCUT2D eigenvalue weighted by Crippen LogP contribution is -1.92. The highest BCUT2D eigenvalue weighted by Gasteiger charge is 2.40. The molecule has 0 aromatic rings. The van der Waals surface area contributed by atoms with Crippen molar-refractivity contribution in [2.45, 2.75) is 19.8 Å². The Morgan fingerprint density at radius 2 is 2.00 bits per heavy atom. The highest BCUT2D eigenvalue weighted by molar-refractivity contribution is 4.83. The van der Waals surface area contributed by atoms with Gasteiger partial charge in [0.15, 0.2) is 0 Å². The van der Waals surface area contributed by atoms with Crippen LogP contribution >= 0.6 is 0 Å². The van der Waals surface area contributed by atoms with Crippen LogP contribution in [0, 0.1) is 11.8 Å². The smallest absolute Gasteiger partial charge is 0.210 e. The van der Waals surface area contributed by atoms with Crippen molar-refractivity contribution < 1.29 is 8.78 Å². The Morgan fingerprint density at radius 1 is 1.57 bits per heavy atom. The maximum atomic E-state index is 11.5. The van der Waals surface area contributed by atoms with E-state index in [0.717, 1.165) is 6.42 Å². The summed E-state index contributed by atoms with van der Waals surface area (Å²) >= 11 is 0. The second-order valence-corrected chi connectivity index (χ2v) is 2.21. The number of hydrogen-bond acceptors (Lipinski definition) is 0. The van der Waals surface area contributed by atoms with Crippen LogP contribution in [0.15, 0.2) is 0 Å². The fraction of sp³-hybridized carbons (Fsp3) is 1.00. The molecule has 0 bridgehead atoms. The molecule has 0 aliphatic heterocycles.